The van der Waals surface area contributed by atoms with E-state index in [9.17, 15) is 9.59 Å². The van der Waals surface area contributed by atoms with Gasteiger partial charge in [0.25, 0.3) is 0 Å². The van der Waals surface area contributed by atoms with Gasteiger partial charge in [0.05, 0.1) is 25.4 Å². The van der Waals surface area contributed by atoms with Gasteiger partial charge in [-0.1, -0.05) is 41.5 Å². The number of rotatable bonds is 2. The van der Waals surface area contributed by atoms with E-state index in [1.54, 1.807) is 11.8 Å². The summed E-state index contributed by atoms with van der Waals surface area (Å²) < 4.78 is 9.86. The molecule has 21 heavy (non-hydrogen) atoms. The molecule has 0 radical (unpaired) electrons. The number of carbonyl (C=O) groups excluding carboxylic acids is 2. The van der Waals surface area contributed by atoms with Crippen LogP contribution in [0.1, 0.15) is 41.5 Å². The SMILES string of the molecule is COC(=O)C1=C(C(=O)OC)[C@H](C(C)(C)C)S[C@H]1C(C)(C)C. The van der Waals surface area contributed by atoms with Gasteiger partial charge in [0.1, 0.15) is 0 Å². The van der Waals surface area contributed by atoms with Crippen LogP contribution in [0.15, 0.2) is 11.1 Å². The van der Waals surface area contributed by atoms with E-state index in [2.05, 4.69) is 41.5 Å². The molecule has 0 amide bonds. The van der Waals surface area contributed by atoms with E-state index in [1.165, 1.54) is 14.2 Å². The summed E-state index contributed by atoms with van der Waals surface area (Å²) in [5.74, 6) is -0.871. The molecular weight excluding hydrogens is 288 g/mol. The zero-order valence-corrected chi connectivity index (χ0v) is 15.0. The summed E-state index contributed by atoms with van der Waals surface area (Å²) >= 11 is 1.65. The lowest BCUT2D eigenvalue weighted by molar-refractivity contribution is -0.139. The molecule has 0 aromatic heterocycles. The number of esters is 2. The maximum absolute atomic E-state index is 12.3. The molecule has 1 rings (SSSR count). The van der Waals surface area contributed by atoms with Crippen molar-refractivity contribution in [3.05, 3.63) is 11.1 Å². The van der Waals surface area contributed by atoms with Crippen LogP contribution in [0.5, 0.6) is 0 Å². The second kappa shape index (κ2) is 6.03. The van der Waals surface area contributed by atoms with Gasteiger partial charge in [0, 0.05) is 10.5 Å². The van der Waals surface area contributed by atoms with Crippen LogP contribution < -0.4 is 0 Å². The molecule has 1 heterocycles. The van der Waals surface area contributed by atoms with Crippen LogP contribution in [0.3, 0.4) is 0 Å². The van der Waals surface area contributed by atoms with Crippen LogP contribution in [0.4, 0.5) is 0 Å². The number of carbonyl (C=O) groups is 2. The first-order chi connectivity index (χ1) is 9.45. The van der Waals surface area contributed by atoms with Crippen LogP contribution in [-0.2, 0) is 19.1 Å². The van der Waals surface area contributed by atoms with Crippen LogP contribution >= 0.6 is 11.8 Å². The van der Waals surface area contributed by atoms with E-state index >= 15 is 0 Å². The molecule has 0 aromatic carbocycles. The fourth-order valence-electron chi connectivity index (χ4n) is 2.48. The minimum absolute atomic E-state index is 0.0942. The van der Waals surface area contributed by atoms with Crippen molar-refractivity contribution in [3.63, 3.8) is 0 Å². The summed E-state index contributed by atoms with van der Waals surface area (Å²) in [6, 6.07) is 0. The van der Waals surface area contributed by atoms with E-state index in [4.69, 9.17) is 9.47 Å². The van der Waals surface area contributed by atoms with Gasteiger partial charge >= 0.3 is 11.9 Å². The Morgan fingerprint density at radius 1 is 0.810 bits per heavy atom. The number of hydrogen-bond donors (Lipinski definition) is 0. The Kier molecular flexibility index (Phi) is 5.19. The molecule has 0 saturated carbocycles. The Morgan fingerprint density at radius 3 is 1.29 bits per heavy atom. The van der Waals surface area contributed by atoms with Crippen LogP contribution in [0.25, 0.3) is 0 Å². The third-order valence-corrected chi connectivity index (χ3v) is 5.90. The van der Waals surface area contributed by atoms with Gasteiger partial charge in [-0.2, -0.15) is 0 Å². The highest BCUT2D eigenvalue weighted by atomic mass is 32.2. The summed E-state index contributed by atoms with van der Waals surface area (Å²) in [5.41, 5.74) is 0.601. The molecule has 1 aliphatic heterocycles. The molecule has 0 saturated heterocycles. The Balaban J connectivity index is 3.53. The molecule has 0 N–H and O–H groups in total. The molecule has 0 bridgehead atoms. The van der Waals surface area contributed by atoms with E-state index in [0.717, 1.165) is 0 Å². The van der Waals surface area contributed by atoms with Crippen molar-refractivity contribution in [2.24, 2.45) is 10.8 Å². The number of thioether (sulfide) groups is 1. The highest BCUT2D eigenvalue weighted by molar-refractivity contribution is 8.01. The zero-order chi connectivity index (χ0) is 16.6. The monoisotopic (exact) mass is 314 g/mol. The van der Waals surface area contributed by atoms with Crippen molar-refractivity contribution in [3.8, 4) is 0 Å². The highest BCUT2D eigenvalue weighted by Gasteiger charge is 2.50. The topological polar surface area (TPSA) is 52.6 Å². The van der Waals surface area contributed by atoms with Gasteiger partial charge < -0.3 is 9.47 Å². The second-order valence-electron chi connectivity index (χ2n) is 7.44. The second-order valence-corrected chi connectivity index (χ2v) is 8.65. The third kappa shape index (κ3) is 3.62. The van der Waals surface area contributed by atoms with Gasteiger partial charge in [0.15, 0.2) is 0 Å². The molecular formula is C16H26O4S. The Hall–Kier alpha value is -0.970. The van der Waals surface area contributed by atoms with Crippen LogP contribution in [0, 0.1) is 10.8 Å². The minimum Gasteiger partial charge on any atom is -0.466 e. The van der Waals surface area contributed by atoms with E-state index < -0.39 is 11.9 Å². The summed E-state index contributed by atoms with van der Waals surface area (Å²) in [6.45, 7) is 12.4. The molecule has 5 heteroatoms. The van der Waals surface area contributed by atoms with Gasteiger partial charge in [0.2, 0.25) is 0 Å². The molecule has 1 aliphatic rings. The molecule has 0 unspecified atom stereocenters. The zero-order valence-electron chi connectivity index (χ0n) is 14.2. The smallest absolute Gasteiger partial charge is 0.335 e. The standard InChI is InChI=1S/C16H26O4S/c1-15(2,3)11-9(13(17)19-7)10(14(18)20-8)12(21-11)16(4,5)6/h11-12H,1-8H3/t11-,12-/m1/s1. The van der Waals surface area contributed by atoms with Crippen molar-refractivity contribution >= 4 is 23.7 Å². The largest absolute Gasteiger partial charge is 0.466 e. The lowest BCUT2D eigenvalue weighted by Gasteiger charge is -2.31. The van der Waals surface area contributed by atoms with Gasteiger partial charge in [-0.15, -0.1) is 11.8 Å². The molecule has 0 aromatic rings. The lowest BCUT2D eigenvalue weighted by Crippen LogP contribution is -2.28. The maximum Gasteiger partial charge on any atom is 0.335 e. The number of ether oxygens (including phenoxy) is 2. The van der Waals surface area contributed by atoms with E-state index in [1.807, 2.05) is 0 Å². The van der Waals surface area contributed by atoms with Crippen molar-refractivity contribution in [1.29, 1.82) is 0 Å². The summed E-state index contributed by atoms with van der Waals surface area (Å²) in [4.78, 5) is 24.5. The summed E-state index contributed by atoms with van der Waals surface area (Å²) in [7, 11) is 2.69. The first-order valence-electron chi connectivity index (χ1n) is 7.01. The Morgan fingerprint density at radius 2 is 1.10 bits per heavy atom. The van der Waals surface area contributed by atoms with Crippen molar-refractivity contribution < 1.29 is 19.1 Å². The third-order valence-electron chi connectivity index (χ3n) is 3.47. The number of methoxy groups -OCH3 is 2. The van der Waals surface area contributed by atoms with Crippen molar-refractivity contribution in [2.45, 2.75) is 52.0 Å². The highest BCUT2D eigenvalue weighted by Crippen LogP contribution is 2.52. The molecule has 120 valence electrons. The maximum atomic E-state index is 12.3. The average molecular weight is 314 g/mol. The van der Waals surface area contributed by atoms with Crippen molar-refractivity contribution in [1.82, 2.24) is 0 Å². The first kappa shape index (κ1) is 18.1. The van der Waals surface area contributed by atoms with E-state index in [0.29, 0.717) is 11.1 Å². The normalized spacial score (nSPS) is 23.2. The van der Waals surface area contributed by atoms with Crippen LogP contribution in [0.2, 0.25) is 0 Å². The molecule has 0 aliphatic carbocycles. The minimum atomic E-state index is -0.436. The van der Waals surface area contributed by atoms with E-state index in [-0.39, 0.29) is 21.3 Å². The van der Waals surface area contributed by atoms with Crippen LogP contribution in [-0.4, -0.2) is 36.7 Å². The van der Waals surface area contributed by atoms with Gasteiger partial charge in [-0.3, -0.25) is 0 Å². The fraction of sp³-hybridized carbons (Fsp3) is 0.750. The van der Waals surface area contributed by atoms with Gasteiger partial charge in [-0.25, -0.2) is 9.59 Å². The predicted molar refractivity (Wildman–Crippen MR) is 85.1 cm³/mol. The Bertz CT molecular complexity index is 424. The molecule has 0 spiro atoms. The molecule has 0 fully saturated rings. The summed E-state index contributed by atoms with van der Waals surface area (Å²) in [5, 5.41) is -0.188. The van der Waals surface area contributed by atoms with Gasteiger partial charge in [-0.05, 0) is 10.8 Å². The quantitative estimate of drug-likeness (QED) is 0.733. The summed E-state index contributed by atoms with van der Waals surface area (Å²) in [6.07, 6.45) is 0. The van der Waals surface area contributed by atoms with Crippen molar-refractivity contribution in [2.75, 3.05) is 14.2 Å². The average Bonchev–Trinajstić information content (AvgIpc) is 2.76. The first-order valence-corrected chi connectivity index (χ1v) is 7.95. The molecule has 2 atom stereocenters. The Labute approximate surface area is 131 Å². The molecule has 4 nitrogen and oxygen atoms in total. The fourth-order valence-corrected chi connectivity index (χ4v) is 4.29. The predicted octanol–water partition coefficient (Wildman–Crippen LogP) is 3.21. The lowest BCUT2D eigenvalue weighted by atomic mass is 9.81. The number of hydrogen-bond acceptors (Lipinski definition) is 5.